The van der Waals surface area contributed by atoms with E-state index in [4.69, 9.17) is 23.2 Å². The smallest absolute Gasteiger partial charge is 0.358 e. The van der Waals surface area contributed by atoms with Gasteiger partial charge in [0.15, 0.2) is 0 Å². The van der Waals surface area contributed by atoms with E-state index >= 15 is 0 Å². The standard InChI is InChI=1S/C8H13ClO.C8H15Cl.2C5H10.4CH3.2Fe.S2.H2S/c9-6-5-8(10)7-3-1-2-4-7;9-7-3-6-8-4-1-2-5-8;2*1-2-4-5-3-1;;;;;;;1-2;/h7H,1-6H2;8H,1-7H2;2*1-5H2;4*1H3;;;;1H2/q;;;;4*-1;2*+2;;. The average Bonchev–Trinajstić information content (AvgIpc) is 3.65. The molecule has 0 atom stereocenters. The topological polar surface area (TPSA) is 17.1 Å². The zero-order chi connectivity index (χ0) is 23.0. The SMILES string of the molecule is C1CCCC1.C1CCCC1.ClCCCC1CCCC1.O=C(CCCl)C1CCCC1.S.S=S.[CH3-].[CH3-].[CH3-].[CH3-].[Fe+2].[Fe+2]. The molecule has 4 fully saturated rings. The van der Waals surface area contributed by atoms with Crippen LogP contribution in [0.5, 0.6) is 0 Å². The molecule has 38 heavy (non-hydrogen) atoms. The van der Waals surface area contributed by atoms with Gasteiger partial charge in [-0.05, 0) is 31.6 Å². The van der Waals surface area contributed by atoms with Crippen molar-refractivity contribution < 1.29 is 38.9 Å². The van der Waals surface area contributed by atoms with Gasteiger partial charge in [0.1, 0.15) is 5.78 Å². The van der Waals surface area contributed by atoms with Gasteiger partial charge in [-0.3, -0.25) is 4.79 Å². The number of alkyl halides is 2. The predicted octanol–water partition coefficient (Wildman–Crippen LogP) is 11.4. The summed E-state index contributed by atoms with van der Waals surface area (Å²) in [6.45, 7) is 0. The summed E-state index contributed by atoms with van der Waals surface area (Å²) in [5.74, 6) is 3.13. The van der Waals surface area contributed by atoms with Crippen molar-refractivity contribution in [2.75, 3.05) is 11.8 Å². The van der Waals surface area contributed by atoms with E-state index in [0.29, 0.717) is 24.0 Å². The van der Waals surface area contributed by atoms with E-state index in [9.17, 15) is 4.79 Å². The molecule has 4 aliphatic rings. The van der Waals surface area contributed by atoms with Gasteiger partial charge in [0, 0.05) is 46.5 Å². The third kappa shape index (κ3) is 38.1. The second-order valence-corrected chi connectivity index (χ2v) is 10.2. The van der Waals surface area contributed by atoms with Crippen LogP contribution in [0.1, 0.15) is 135 Å². The largest absolute Gasteiger partial charge is 2.00 e. The number of rotatable bonds is 6. The monoisotopic (exact) mass is 716 g/mol. The van der Waals surface area contributed by atoms with Crippen molar-refractivity contribution in [3.05, 3.63) is 29.7 Å². The van der Waals surface area contributed by atoms with E-state index in [1.807, 2.05) is 0 Å². The third-order valence-corrected chi connectivity index (χ3v) is 7.33. The summed E-state index contributed by atoms with van der Waals surface area (Å²) >= 11 is 18.4. The fourth-order valence-electron chi connectivity index (χ4n) is 4.98. The van der Waals surface area contributed by atoms with Gasteiger partial charge in [0.25, 0.3) is 0 Å². The maximum Gasteiger partial charge on any atom is 2.00 e. The van der Waals surface area contributed by atoms with Crippen molar-refractivity contribution in [3.63, 3.8) is 0 Å². The normalized spacial score (nSPS) is 16.6. The van der Waals surface area contributed by atoms with Crippen LogP contribution in [0, 0.1) is 41.5 Å². The van der Waals surface area contributed by atoms with Crippen molar-refractivity contribution in [2.24, 2.45) is 11.8 Å². The zero-order valence-corrected chi connectivity index (χ0v) is 31.5. The Balaban J connectivity index is -0.0000000499. The average molecular weight is 718 g/mol. The molecule has 4 saturated carbocycles. The number of carbonyl (C=O) groups is 1. The van der Waals surface area contributed by atoms with Gasteiger partial charge in [-0.15, -0.1) is 23.2 Å². The molecule has 0 N–H and O–H groups in total. The van der Waals surface area contributed by atoms with Crippen LogP contribution >= 0.6 is 36.7 Å². The quantitative estimate of drug-likeness (QED) is 0.155. The Morgan fingerprint density at radius 1 is 0.579 bits per heavy atom. The Bertz CT molecular complexity index is 366. The number of halogens is 2. The molecule has 0 aromatic rings. The summed E-state index contributed by atoms with van der Waals surface area (Å²) in [5.41, 5.74) is 0. The predicted molar refractivity (Wildman–Crippen MR) is 181 cm³/mol. The molecular formula is C30H62Cl2Fe2OS3. The first-order valence-electron chi connectivity index (χ1n) is 13.1. The molecule has 1 nitrogen and oxygen atoms in total. The molecule has 0 aromatic carbocycles. The van der Waals surface area contributed by atoms with Crippen LogP contribution in [0.4, 0.5) is 0 Å². The van der Waals surface area contributed by atoms with Crippen molar-refractivity contribution in [1.82, 2.24) is 0 Å². The van der Waals surface area contributed by atoms with Gasteiger partial charge >= 0.3 is 34.1 Å². The number of carbonyl (C=O) groups excluding carboxylic acids is 1. The van der Waals surface area contributed by atoms with Crippen LogP contribution in [0.25, 0.3) is 0 Å². The Morgan fingerprint density at radius 2 is 0.895 bits per heavy atom. The van der Waals surface area contributed by atoms with E-state index < -0.39 is 0 Å². The van der Waals surface area contributed by atoms with Gasteiger partial charge in [0.2, 0.25) is 0 Å². The van der Waals surface area contributed by atoms with E-state index in [-0.39, 0.29) is 77.3 Å². The van der Waals surface area contributed by atoms with E-state index in [1.54, 1.807) is 0 Å². The van der Waals surface area contributed by atoms with Crippen LogP contribution in [-0.4, -0.2) is 17.5 Å². The summed E-state index contributed by atoms with van der Waals surface area (Å²) in [4.78, 5) is 11.2. The maximum atomic E-state index is 11.2. The molecule has 8 heteroatoms. The number of Topliss-reactive ketones (excluding diaryl/α,β-unsaturated/α-hetero) is 1. The molecule has 0 saturated heterocycles. The summed E-state index contributed by atoms with van der Waals surface area (Å²) in [6.07, 6.45) is 28.7. The second kappa shape index (κ2) is 48.8. The molecule has 0 spiro atoms. The molecule has 0 heterocycles. The first-order valence-corrected chi connectivity index (χ1v) is 15.5. The van der Waals surface area contributed by atoms with E-state index in [1.165, 1.54) is 116 Å². The Hall–Kier alpha value is 2.08. The van der Waals surface area contributed by atoms with Crippen LogP contribution in [-0.2, 0) is 61.3 Å². The van der Waals surface area contributed by atoms with E-state index in [0.717, 1.165) is 24.6 Å². The molecule has 4 aliphatic carbocycles. The molecule has 0 aliphatic heterocycles. The first kappa shape index (κ1) is 59.5. The number of hydrogen-bond donors (Lipinski definition) is 0. The van der Waals surface area contributed by atoms with Crippen LogP contribution in [0.2, 0.25) is 0 Å². The van der Waals surface area contributed by atoms with Crippen LogP contribution in [0.3, 0.4) is 0 Å². The molecule has 0 radical (unpaired) electrons. The van der Waals surface area contributed by atoms with Gasteiger partial charge < -0.3 is 29.7 Å². The Labute approximate surface area is 289 Å². The molecular weight excluding hydrogens is 655 g/mol. The molecule has 0 unspecified atom stereocenters. The van der Waals surface area contributed by atoms with Crippen LogP contribution in [0.15, 0.2) is 0 Å². The maximum absolute atomic E-state index is 11.2. The van der Waals surface area contributed by atoms with Crippen molar-refractivity contribution >= 4 is 64.9 Å². The first-order chi connectivity index (χ1) is 15.3. The molecule has 0 amide bonds. The summed E-state index contributed by atoms with van der Waals surface area (Å²) in [7, 11) is 0. The molecule has 4 rings (SSSR count). The summed E-state index contributed by atoms with van der Waals surface area (Å²) < 4.78 is 0. The molecule has 0 bridgehead atoms. The van der Waals surface area contributed by atoms with Gasteiger partial charge in [-0.2, -0.15) is 13.5 Å². The summed E-state index contributed by atoms with van der Waals surface area (Å²) in [6, 6.07) is 0. The van der Waals surface area contributed by atoms with Crippen LogP contribution < -0.4 is 0 Å². The number of hydrogen-bond acceptors (Lipinski definition) is 3. The minimum absolute atomic E-state index is 0. The van der Waals surface area contributed by atoms with Gasteiger partial charge in [0.05, 0.1) is 0 Å². The summed E-state index contributed by atoms with van der Waals surface area (Å²) in [5, 5.41) is 0. The Morgan fingerprint density at radius 3 is 1.18 bits per heavy atom. The fraction of sp³-hybridized carbons (Fsp3) is 0.833. The van der Waals surface area contributed by atoms with Crippen molar-refractivity contribution in [1.29, 1.82) is 0 Å². The molecule has 0 aromatic heterocycles. The third-order valence-electron chi connectivity index (χ3n) is 6.87. The van der Waals surface area contributed by atoms with Crippen molar-refractivity contribution in [2.45, 2.75) is 135 Å². The van der Waals surface area contributed by atoms with Gasteiger partial charge in [-0.1, -0.05) is 103 Å². The Kier molecular flexibility index (Phi) is 76.4. The zero-order valence-electron chi connectivity index (χ0n) is 25.1. The minimum atomic E-state index is 0. The minimum Gasteiger partial charge on any atom is -0.358 e. The second-order valence-electron chi connectivity index (χ2n) is 9.40. The van der Waals surface area contributed by atoms with Gasteiger partial charge in [-0.25, -0.2) is 0 Å². The molecule has 236 valence electrons. The van der Waals surface area contributed by atoms with Crippen molar-refractivity contribution in [3.8, 4) is 0 Å². The van der Waals surface area contributed by atoms with E-state index in [2.05, 4.69) is 22.4 Å². The number of ketones is 1. The fourth-order valence-corrected chi connectivity index (χ4v) is 5.32.